The lowest BCUT2D eigenvalue weighted by molar-refractivity contribution is -0.121. The van der Waals surface area contributed by atoms with Crippen LogP contribution >= 0.6 is 0 Å². The minimum atomic E-state index is -0.449. The minimum absolute atomic E-state index is 0.103. The van der Waals surface area contributed by atoms with Gasteiger partial charge in [0.05, 0.1) is 12.0 Å². The number of rotatable bonds is 4. The summed E-state index contributed by atoms with van der Waals surface area (Å²) >= 11 is 0. The second kappa shape index (κ2) is 4.44. The summed E-state index contributed by atoms with van der Waals surface area (Å²) in [5, 5.41) is 9.36. The number of nitrogens with one attached hydrogen (secondary N) is 2. The minimum Gasteiger partial charge on any atom is -0.378 e. The van der Waals surface area contributed by atoms with E-state index in [1.165, 1.54) is 0 Å². The Labute approximate surface area is 89.2 Å². The monoisotopic (exact) mass is 211 g/mol. The maximum atomic E-state index is 11.6. The lowest BCUT2D eigenvalue weighted by atomic mass is 10.1. The zero-order valence-electron chi connectivity index (χ0n) is 9.55. The second-order valence-electron chi connectivity index (χ2n) is 4.12. The van der Waals surface area contributed by atoms with Gasteiger partial charge in [0.15, 0.2) is 5.82 Å². The zero-order valence-corrected chi connectivity index (χ0v) is 9.55. The molecule has 0 aliphatic carbocycles. The van der Waals surface area contributed by atoms with Crippen molar-refractivity contribution >= 4 is 11.7 Å². The third kappa shape index (κ3) is 3.71. The molecule has 2 N–H and O–H groups in total. The number of nitrogens with zero attached hydrogens (tertiary/aromatic N) is 1. The molecule has 0 radical (unpaired) electrons. The summed E-state index contributed by atoms with van der Waals surface area (Å²) in [4.78, 5) is 11.6. The molecular weight excluding hydrogens is 194 g/mol. The summed E-state index contributed by atoms with van der Waals surface area (Å²) in [7, 11) is 1.59. The van der Waals surface area contributed by atoms with Crippen LogP contribution in [0.5, 0.6) is 0 Å². The molecule has 0 aliphatic heterocycles. The van der Waals surface area contributed by atoms with Crippen LogP contribution in [0.4, 0.5) is 5.82 Å². The third-order valence-corrected chi connectivity index (χ3v) is 2.11. The van der Waals surface area contributed by atoms with Crippen molar-refractivity contribution in [3.05, 3.63) is 11.8 Å². The van der Waals surface area contributed by atoms with Crippen LogP contribution in [-0.2, 0) is 9.53 Å². The number of hydrogen-bond acceptors (Lipinski definition) is 3. The van der Waals surface area contributed by atoms with Crippen LogP contribution in [0, 0.1) is 6.92 Å². The van der Waals surface area contributed by atoms with Crippen LogP contribution in [0.2, 0.25) is 0 Å². The predicted molar refractivity (Wildman–Crippen MR) is 57.7 cm³/mol. The van der Waals surface area contributed by atoms with Crippen LogP contribution in [0.1, 0.15) is 26.0 Å². The molecule has 1 aromatic rings. The van der Waals surface area contributed by atoms with Crippen molar-refractivity contribution in [1.29, 1.82) is 0 Å². The highest BCUT2D eigenvalue weighted by atomic mass is 16.5. The number of anilines is 1. The van der Waals surface area contributed by atoms with Crippen molar-refractivity contribution in [2.45, 2.75) is 32.8 Å². The molecular formula is C10H17N3O2. The van der Waals surface area contributed by atoms with E-state index in [0.717, 1.165) is 5.69 Å². The molecule has 0 atom stereocenters. The van der Waals surface area contributed by atoms with Crippen molar-refractivity contribution in [2.75, 3.05) is 12.4 Å². The number of ether oxygens (including phenoxy) is 1. The van der Waals surface area contributed by atoms with Crippen LogP contribution in [0.3, 0.4) is 0 Å². The highest BCUT2D eigenvalue weighted by Gasteiger charge is 2.21. The van der Waals surface area contributed by atoms with Gasteiger partial charge in [-0.05, 0) is 20.8 Å². The first-order valence-electron chi connectivity index (χ1n) is 4.80. The topological polar surface area (TPSA) is 67.0 Å². The Balaban J connectivity index is 2.50. The van der Waals surface area contributed by atoms with E-state index in [4.69, 9.17) is 4.74 Å². The Bertz CT molecular complexity index is 344. The fraction of sp³-hybridized carbons (Fsp3) is 0.600. The SMILES string of the molecule is COC(C)(C)CC(=O)Nc1cc(C)[nH]n1. The molecule has 5 heteroatoms. The maximum absolute atomic E-state index is 11.6. The first kappa shape index (κ1) is 11.7. The molecule has 0 aliphatic rings. The van der Waals surface area contributed by atoms with Gasteiger partial charge in [-0.1, -0.05) is 0 Å². The molecule has 0 spiro atoms. The van der Waals surface area contributed by atoms with Gasteiger partial charge in [-0.3, -0.25) is 9.89 Å². The summed E-state index contributed by atoms with van der Waals surface area (Å²) in [6.45, 7) is 5.60. The summed E-state index contributed by atoms with van der Waals surface area (Å²) in [5.74, 6) is 0.442. The Kier molecular flexibility index (Phi) is 3.47. The first-order chi connectivity index (χ1) is 6.93. The van der Waals surface area contributed by atoms with Crippen LogP contribution in [0.25, 0.3) is 0 Å². The molecule has 15 heavy (non-hydrogen) atoms. The average Bonchev–Trinajstić information content (AvgIpc) is 2.50. The smallest absolute Gasteiger partial charge is 0.228 e. The Hall–Kier alpha value is -1.36. The molecule has 0 aromatic carbocycles. The third-order valence-electron chi connectivity index (χ3n) is 2.11. The quantitative estimate of drug-likeness (QED) is 0.792. The molecule has 0 fully saturated rings. The molecule has 0 saturated carbocycles. The molecule has 1 heterocycles. The fourth-order valence-electron chi connectivity index (χ4n) is 1.13. The molecule has 5 nitrogen and oxygen atoms in total. The Morgan fingerprint density at radius 1 is 1.67 bits per heavy atom. The highest BCUT2D eigenvalue weighted by Crippen LogP contribution is 2.14. The summed E-state index contributed by atoms with van der Waals surface area (Å²) in [6, 6.07) is 1.78. The van der Waals surface area contributed by atoms with Crippen molar-refractivity contribution in [3.8, 4) is 0 Å². The molecule has 1 aromatic heterocycles. The number of hydrogen-bond donors (Lipinski definition) is 2. The van der Waals surface area contributed by atoms with Gasteiger partial charge in [0.1, 0.15) is 0 Å². The van der Waals surface area contributed by atoms with Gasteiger partial charge in [0, 0.05) is 18.9 Å². The van der Waals surface area contributed by atoms with Gasteiger partial charge < -0.3 is 10.1 Å². The molecule has 84 valence electrons. The summed E-state index contributed by atoms with van der Waals surface area (Å²) in [5.41, 5.74) is 0.464. The highest BCUT2D eigenvalue weighted by molar-refractivity contribution is 5.90. The van der Waals surface area contributed by atoms with Gasteiger partial charge >= 0.3 is 0 Å². The van der Waals surface area contributed by atoms with E-state index < -0.39 is 5.60 Å². The van der Waals surface area contributed by atoms with E-state index in [1.807, 2.05) is 20.8 Å². The number of methoxy groups -OCH3 is 1. The number of H-pyrrole nitrogens is 1. The fourth-order valence-corrected chi connectivity index (χ4v) is 1.13. The second-order valence-corrected chi connectivity index (χ2v) is 4.12. The van der Waals surface area contributed by atoms with Crippen molar-refractivity contribution in [3.63, 3.8) is 0 Å². The van der Waals surface area contributed by atoms with E-state index in [9.17, 15) is 4.79 Å². The first-order valence-corrected chi connectivity index (χ1v) is 4.80. The molecule has 1 rings (SSSR count). The number of amides is 1. The lowest BCUT2D eigenvalue weighted by Crippen LogP contribution is -2.29. The van der Waals surface area contributed by atoms with E-state index >= 15 is 0 Å². The average molecular weight is 211 g/mol. The van der Waals surface area contributed by atoms with E-state index in [2.05, 4.69) is 15.5 Å². The standard InChI is InChI=1S/C10H17N3O2/c1-7-5-8(13-12-7)11-9(14)6-10(2,3)15-4/h5H,6H2,1-4H3,(H2,11,12,13,14). The zero-order chi connectivity index (χ0) is 11.5. The lowest BCUT2D eigenvalue weighted by Gasteiger charge is -2.21. The largest absolute Gasteiger partial charge is 0.378 e. The summed E-state index contributed by atoms with van der Waals surface area (Å²) in [6.07, 6.45) is 0.301. The van der Waals surface area contributed by atoms with Crippen LogP contribution < -0.4 is 5.32 Å². The molecule has 1 amide bonds. The van der Waals surface area contributed by atoms with Gasteiger partial charge in [-0.2, -0.15) is 5.10 Å². The summed E-state index contributed by atoms with van der Waals surface area (Å²) < 4.78 is 5.16. The van der Waals surface area contributed by atoms with E-state index in [0.29, 0.717) is 12.2 Å². The van der Waals surface area contributed by atoms with Crippen molar-refractivity contribution < 1.29 is 9.53 Å². The normalized spacial score (nSPS) is 11.5. The van der Waals surface area contributed by atoms with E-state index in [1.54, 1.807) is 13.2 Å². The maximum Gasteiger partial charge on any atom is 0.228 e. The number of carbonyl (C=O) groups is 1. The number of aromatic amines is 1. The van der Waals surface area contributed by atoms with Crippen molar-refractivity contribution in [2.24, 2.45) is 0 Å². The van der Waals surface area contributed by atoms with E-state index in [-0.39, 0.29) is 5.91 Å². The Morgan fingerprint density at radius 2 is 2.33 bits per heavy atom. The number of aromatic nitrogens is 2. The van der Waals surface area contributed by atoms with Crippen LogP contribution in [-0.4, -0.2) is 28.8 Å². The predicted octanol–water partition coefficient (Wildman–Crippen LogP) is 1.47. The molecule has 0 unspecified atom stereocenters. The Morgan fingerprint density at radius 3 is 2.80 bits per heavy atom. The number of aryl methyl sites for hydroxylation is 1. The van der Waals surface area contributed by atoms with Gasteiger partial charge in [-0.15, -0.1) is 0 Å². The van der Waals surface area contributed by atoms with Crippen molar-refractivity contribution in [1.82, 2.24) is 10.2 Å². The van der Waals surface area contributed by atoms with Gasteiger partial charge in [0.2, 0.25) is 5.91 Å². The van der Waals surface area contributed by atoms with Gasteiger partial charge in [-0.25, -0.2) is 0 Å². The van der Waals surface area contributed by atoms with Gasteiger partial charge in [0.25, 0.3) is 0 Å². The number of carbonyl (C=O) groups excluding carboxylic acids is 1. The molecule has 0 bridgehead atoms. The molecule has 0 saturated heterocycles. The van der Waals surface area contributed by atoms with Crippen LogP contribution in [0.15, 0.2) is 6.07 Å².